The minimum Gasteiger partial charge on any atom is -0.332 e. The van der Waals surface area contributed by atoms with E-state index in [9.17, 15) is 0 Å². The molecule has 0 amide bonds. The van der Waals surface area contributed by atoms with Crippen molar-refractivity contribution in [3.8, 4) is 0 Å². The molecular weight excluding hydrogens is 240 g/mol. The van der Waals surface area contributed by atoms with Crippen molar-refractivity contribution in [1.82, 2.24) is 0 Å². The Morgan fingerprint density at radius 1 is 0.944 bits per heavy atom. The van der Waals surface area contributed by atoms with Crippen molar-refractivity contribution in [2.24, 2.45) is 0 Å². The molecule has 92 valence electrons. The highest BCUT2D eigenvalue weighted by atomic mass is 32.1. The van der Waals surface area contributed by atoms with Gasteiger partial charge in [0.05, 0.1) is 0 Å². The van der Waals surface area contributed by atoms with E-state index in [0.29, 0.717) is 5.11 Å². The molecule has 0 aromatic heterocycles. The predicted octanol–water partition coefficient (Wildman–Crippen LogP) is 4.11. The molecule has 0 saturated heterocycles. The van der Waals surface area contributed by atoms with Crippen LogP contribution in [0.25, 0.3) is 0 Å². The molecule has 0 unspecified atom stereocenters. The predicted molar refractivity (Wildman–Crippen MR) is 82.2 cm³/mol. The lowest BCUT2D eigenvalue weighted by Gasteiger charge is -2.13. The van der Waals surface area contributed by atoms with Crippen LogP contribution in [0, 0.1) is 13.8 Å². The number of para-hydroxylation sites is 1. The first kappa shape index (κ1) is 12.6. The third kappa shape index (κ3) is 3.31. The Hall–Kier alpha value is -1.87. The molecule has 2 aromatic rings. The fraction of sp³-hybridized carbons (Fsp3) is 0.133. The Labute approximate surface area is 113 Å². The molecule has 0 fully saturated rings. The van der Waals surface area contributed by atoms with Crippen LogP contribution in [0.3, 0.4) is 0 Å². The highest BCUT2D eigenvalue weighted by Gasteiger charge is 2.01. The molecule has 0 bridgehead atoms. The lowest BCUT2D eigenvalue weighted by molar-refractivity contribution is 1.39. The number of anilines is 2. The standard InChI is InChI=1S/C15H16N2S/c1-11-8-9-12(2)14(10-11)17-15(18)16-13-6-4-3-5-7-13/h3-10H,1-2H3,(H2,16,17,18). The van der Waals surface area contributed by atoms with Crippen LogP contribution < -0.4 is 10.6 Å². The zero-order valence-electron chi connectivity index (χ0n) is 10.5. The summed E-state index contributed by atoms with van der Waals surface area (Å²) in [5.74, 6) is 0. The van der Waals surface area contributed by atoms with Crippen molar-refractivity contribution in [3.63, 3.8) is 0 Å². The Morgan fingerprint density at radius 2 is 1.67 bits per heavy atom. The summed E-state index contributed by atoms with van der Waals surface area (Å²) in [5.41, 5.74) is 4.42. The number of hydrogen-bond donors (Lipinski definition) is 2. The summed E-state index contributed by atoms with van der Waals surface area (Å²) < 4.78 is 0. The SMILES string of the molecule is Cc1ccc(C)c(NC(=S)Nc2ccccc2)c1. The fourth-order valence-electron chi connectivity index (χ4n) is 1.68. The van der Waals surface area contributed by atoms with Gasteiger partial charge >= 0.3 is 0 Å². The normalized spacial score (nSPS) is 9.89. The zero-order chi connectivity index (χ0) is 13.0. The first-order valence-electron chi connectivity index (χ1n) is 5.85. The minimum absolute atomic E-state index is 0.606. The minimum atomic E-state index is 0.606. The second kappa shape index (κ2) is 5.65. The van der Waals surface area contributed by atoms with E-state index in [-0.39, 0.29) is 0 Å². The maximum Gasteiger partial charge on any atom is 0.175 e. The summed E-state index contributed by atoms with van der Waals surface area (Å²) in [4.78, 5) is 0. The molecule has 2 nitrogen and oxygen atoms in total. The van der Waals surface area contributed by atoms with Gasteiger partial charge in [0, 0.05) is 11.4 Å². The Morgan fingerprint density at radius 3 is 2.39 bits per heavy atom. The molecule has 0 radical (unpaired) electrons. The smallest absolute Gasteiger partial charge is 0.175 e. The zero-order valence-corrected chi connectivity index (χ0v) is 11.3. The highest BCUT2D eigenvalue weighted by molar-refractivity contribution is 7.80. The molecule has 3 heteroatoms. The fourth-order valence-corrected chi connectivity index (χ4v) is 1.90. The lowest BCUT2D eigenvalue weighted by Crippen LogP contribution is -2.19. The van der Waals surface area contributed by atoms with Crippen molar-refractivity contribution in [1.29, 1.82) is 0 Å². The third-order valence-electron chi connectivity index (χ3n) is 2.67. The van der Waals surface area contributed by atoms with Crippen LogP contribution in [0.15, 0.2) is 48.5 Å². The Kier molecular flexibility index (Phi) is 3.95. The summed E-state index contributed by atoms with van der Waals surface area (Å²) in [6.07, 6.45) is 0. The van der Waals surface area contributed by atoms with Crippen molar-refractivity contribution in [2.75, 3.05) is 10.6 Å². The van der Waals surface area contributed by atoms with Crippen molar-refractivity contribution in [2.45, 2.75) is 13.8 Å². The average molecular weight is 256 g/mol. The summed E-state index contributed by atoms with van der Waals surface area (Å²) >= 11 is 5.30. The molecule has 0 aliphatic rings. The van der Waals surface area contributed by atoms with Crippen LogP contribution in [0.2, 0.25) is 0 Å². The van der Waals surface area contributed by atoms with Crippen LogP contribution in [0.4, 0.5) is 11.4 Å². The van der Waals surface area contributed by atoms with Gasteiger partial charge in [-0.3, -0.25) is 0 Å². The summed E-state index contributed by atoms with van der Waals surface area (Å²) in [5, 5.41) is 6.98. The molecular formula is C15H16N2S. The van der Waals surface area contributed by atoms with E-state index in [1.807, 2.05) is 30.3 Å². The Bertz CT molecular complexity index is 550. The molecule has 0 aliphatic heterocycles. The van der Waals surface area contributed by atoms with E-state index in [2.05, 4.69) is 42.7 Å². The molecule has 0 saturated carbocycles. The van der Waals surface area contributed by atoms with Crippen molar-refractivity contribution >= 4 is 28.7 Å². The third-order valence-corrected chi connectivity index (χ3v) is 2.88. The van der Waals surface area contributed by atoms with Gasteiger partial charge < -0.3 is 10.6 Å². The second-order valence-electron chi connectivity index (χ2n) is 4.26. The van der Waals surface area contributed by atoms with Gasteiger partial charge in [0.25, 0.3) is 0 Å². The van der Waals surface area contributed by atoms with E-state index in [1.165, 1.54) is 11.1 Å². The molecule has 2 aromatic carbocycles. The monoisotopic (exact) mass is 256 g/mol. The molecule has 2 rings (SSSR count). The van der Waals surface area contributed by atoms with Gasteiger partial charge in [-0.05, 0) is 55.4 Å². The molecule has 2 N–H and O–H groups in total. The van der Waals surface area contributed by atoms with Crippen LogP contribution in [-0.4, -0.2) is 5.11 Å². The lowest BCUT2D eigenvalue weighted by atomic mass is 10.1. The van der Waals surface area contributed by atoms with E-state index in [0.717, 1.165) is 11.4 Å². The summed E-state index contributed by atoms with van der Waals surface area (Å²) in [7, 11) is 0. The largest absolute Gasteiger partial charge is 0.332 e. The number of hydrogen-bond acceptors (Lipinski definition) is 1. The van der Waals surface area contributed by atoms with Crippen LogP contribution in [0.5, 0.6) is 0 Å². The van der Waals surface area contributed by atoms with E-state index in [1.54, 1.807) is 0 Å². The van der Waals surface area contributed by atoms with E-state index < -0.39 is 0 Å². The van der Waals surface area contributed by atoms with Gasteiger partial charge in [0.15, 0.2) is 5.11 Å². The highest BCUT2D eigenvalue weighted by Crippen LogP contribution is 2.16. The van der Waals surface area contributed by atoms with Crippen LogP contribution in [0.1, 0.15) is 11.1 Å². The maximum absolute atomic E-state index is 5.30. The van der Waals surface area contributed by atoms with Crippen molar-refractivity contribution in [3.05, 3.63) is 59.7 Å². The van der Waals surface area contributed by atoms with Gasteiger partial charge in [-0.2, -0.15) is 0 Å². The molecule has 18 heavy (non-hydrogen) atoms. The topological polar surface area (TPSA) is 24.1 Å². The molecule has 0 atom stereocenters. The second-order valence-corrected chi connectivity index (χ2v) is 4.67. The van der Waals surface area contributed by atoms with E-state index >= 15 is 0 Å². The Balaban J connectivity index is 2.05. The first-order valence-corrected chi connectivity index (χ1v) is 6.26. The van der Waals surface area contributed by atoms with Crippen LogP contribution in [-0.2, 0) is 0 Å². The number of benzene rings is 2. The van der Waals surface area contributed by atoms with E-state index in [4.69, 9.17) is 12.2 Å². The number of aryl methyl sites for hydroxylation is 2. The van der Waals surface area contributed by atoms with Crippen molar-refractivity contribution < 1.29 is 0 Å². The molecule has 0 aliphatic carbocycles. The first-order chi connectivity index (χ1) is 8.65. The molecule has 0 heterocycles. The average Bonchev–Trinajstić information content (AvgIpc) is 2.35. The quantitative estimate of drug-likeness (QED) is 0.791. The number of rotatable bonds is 2. The van der Waals surface area contributed by atoms with Crippen LogP contribution >= 0.6 is 12.2 Å². The number of thiocarbonyl (C=S) groups is 1. The van der Waals surface area contributed by atoms with Gasteiger partial charge in [-0.15, -0.1) is 0 Å². The molecule has 0 spiro atoms. The summed E-state index contributed by atoms with van der Waals surface area (Å²) in [6.45, 7) is 4.13. The van der Waals surface area contributed by atoms with Gasteiger partial charge in [-0.25, -0.2) is 0 Å². The van der Waals surface area contributed by atoms with Gasteiger partial charge in [0.1, 0.15) is 0 Å². The maximum atomic E-state index is 5.30. The van der Waals surface area contributed by atoms with Gasteiger partial charge in [0.2, 0.25) is 0 Å². The summed E-state index contributed by atoms with van der Waals surface area (Å²) in [6, 6.07) is 16.2. The number of nitrogens with one attached hydrogen (secondary N) is 2. The van der Waals surface area contributed by atoms with Gasteiger partial charge in [-0.1, -0.05) is 30.3 Å².